The molecule has 20 heavy (non-hydrogen) atoms. The minimum absolute atomic E-state index is 0. The molecule has 0 aliphatic rings. The van der Waals surface area contributed by atoms with Gasteiger partial charge in [0.1, 0.15) is 0 Å². The van der Waals surface area contributed by atoms with Crippen molar-refractivity contribution in [3.8, 4) is 0 Å². The smallest absolute Gasteiger partial charge is 0.784 e. The van der Waals surface area contributed by atoms with Crippen molar-refractivity contribution in [2.24, 2.45) is 0 Å². The molecule has 0 aromatic rings. The first-order valence-electron chi connectivity index (χ1n) is 2.08. The molecule has 0 rings (SSSR count). The standard InChI is InChI=1S/Na.4H2O3S.2H2O.Pd/c;4*1-4(2)3;;;/h;4*(H2,1,2,3);2*1H2;/q+1;;;;;;;+2/p-3. The zero-order chi connectivity index (χ0) is 14.3. The first kappa shape index (κ1) is 49.5. The van der Waals surface area contributed by atoms with Crippen LogP contribution in [0.1, 0.15) is 0 Å². The van der Waals surface area contributed by atoms with Gasteiger partial charge in [0.15, 0.2) is 0 Å². The van der Waals surface area contributed by atoms with Crippen molar-refractivity contribution >= 4 is 45.4 Å². The topological polar surface area (TPSA) is 302 Å². The third-order valence-corrected chi connectivity index (χ3v) is 0. The zero-order valence-electron chi connectivity index (χ0n) is 9.04. The molecule has 128 valence electrons. The van der Waals surface area contributed by atoms with Crippen LogP contribution < -0.4 is 29.6 Å². The average molecular weight is 491 g/mol. The molecule has 0 aliphatic carbocycles. The van der Waals surface area contributed by atoms with E-state index in [0.29, 0.717) is 0 Å². The van der Waals surface area contributed by atoms with Gasteiger partial charge in [-0.3, -0.25) is 22.4 Å². The average Bonchev–Trinajstić information content (AvgIpc) is 1.76. The fourth-order valence-corrected chi connectivity index (χ4v) is 0. The Morgan fingerprint density at radius 1 is 0.650 bits per heavy atom. The fourth-order valence-electron chi connectivity index (χ4n) is 0. The second-order valence-corrected chi connectivity index (χ2v) is 2.65. The van der Waals surface area contributed by atoms with Crippen molar-refractivity contribution in [3.63, 3.8) is 0 Å². The summed E-state index contributed by atoms with van der Waals surface area (Å²) in [4.78, 5) is 0. The van der Waals surface area contributed by atoms with E-state index in [1.807, 2.05) is 0 Å². The molecule has 1 atom stereocenters. The van der Waals surface area contributed by atoms with Crippen LogP contribution in [0, 0.1) is 0 Å². The van der Waals surface area contributed by atoms with Gasteiger partial charge in [-0.2, -0.15) is 8.42 Å². The van der Waals surface area contributed by atoms with Gasteiger partial charge < -0.3 is 29.2 Å². The summed E-state index contributed by atoms with van der Waals surface area (Å²) >= 11 is -11.2. The molecule has 9 N–H and O–H groups in total. The maximum atomic E-state index is 8.67. The predicted molar refractivity (Wildman–Crippen MR) is 55.3 cm³/mol. The van der Waals surface area contributed by atoms with E-state index in [0.717, 1.165) is 0 Å². The van der Waals surface area contributed by atoms with Crippen molar-refractivity contribution in [2.45, 2.75) is 0 Å². The Morgan fingerprint density at radius 2 is 0.650 bits per heavy atom. The third kappa shape index (κ3) is 2040. The summed E-state index contributed by atoms with van der Waals surface area (Å²) in [6.07, 6.45) is 0. The maximum absolute atomic E-state index is 8.67. The van der Waals surface area contributed by atoms with E-state index >= 15 is 0 Å². The second kappa shape index (κ2) is 42.8. The fraction of sp³-hybridized carbons (Fsp3) is 0. The van der Waals surface area contributed by atoms with Crippen molar-refractivity contribution < 1.29 is 114 Å². The van der Waals surface area contributed by atoms with Crippen LogP contribution in [-0.4, -0.2) is 64.2 Å². The molecular formula is H9NaO14PdS4. The van der Waals surface area contributed by atoms with Crippen molar-refractivity contribution in [3.05, 3.63) is 0 Å². The van der Waals surface area contributed by atoms with Gasteiger partial charge >= 0.3 is 50.0 Å². The van der Waals surface area contributed by atoms with Crippen LogP contribution in [-0.2, 0) is 65.9 Å². The van der Waals surface area contributed by atoms with E-state index in [1.54, 1.807) is 0 Å². The molecule has 0 saturated carbocycles. The molecule has 0 radical (unpaired) electrons. The minimum Gasteiger partial charge on any atom is -0.784 e. The van der Waals surface area contributed by atoms with E-state index in [4.69, 9.17) is 53.3 Å². The molecule has 0 aromatic carbocycles. The third-order valence-electron chi connectivity index (χ3n) is 0. The normalized spacial score (nSPS) is 8.35. The largest absolute Gasteiger partial charge is 2.00 e. The Morgan fingerprint density at radius 3 is 0.650 bits per heavy atom. The number of rotatable bonds is 0. The zero-order valence-corrected chi connectivity index (χ0v) is 15.9. The Balaban J connectivity index is -0.0000000150. The molecule has 0 amide bonds. The predicted octanol–water partition coefficient (Wildman–Crippen LogP) is -6.95. The molecule has 0 bridgehead atoms. The molecule has 0 heterocycles. The molecule has 14 nitrogen and oxygen atoms in total. The van der Waals surface area contributed by atoms with E-state index < -0.39 is 45.4 Å². The minimum atomic E-state index is -3.11. The molecule has 20 heteroatoms. The molecule has 0 aliphatic heterocycles. The van der Waals surface area contributed by atoms with Crippen LogP contribution in [0.3, 0.4) is 0 Å². The summed E-state index contributed by atoms with van der Waals surface area (Å²) in [5.74, 6) is 0. The molecule has 1 unspecified atom stereocenters. The summed E-state index contributed by atoms with van der Waals surface area (Å²) in [6, 6.07) is 0. The van der Waals surface area contributed by atoms with Gasteiger partial charge in [-0.1, -0.05) is 0 Å². The van der Waals surface area contributed by atoms with Crippen molar-refractivity contribution in [2.75, 3.05) is 0 Å². The molecular weight excluding hydrogens is 482 g/mol. The molecule has 0 saturated heterocycles. The van der Waals surface area contributed by atoms with E-state index in [9.17, 15) is 0 Å². The quantitative estimate of drug-likeness (QED) is 0.156. The van der Waals surface area contributed by atoms with Gasteiger partial charge in [-0.25, -0.2) is 4.21 Å². The number of hydrogen-bond donors (Lipinski definition) is 5. The van der Waals surface area contributed by atoms with Crippen LogP contribution in [0.25, 0.3) is 0 Å². The van der Waals surface area contributed by atoms with Gasteiger partial charge in [0, 0.05) is 0 Å². The molecule has 0 aromatic heterocycles. The second-order valence-electron chi connectivity index (χ2n) is 0.883. The van der Waals surface area contributed by atoms with Gasteiger partial charge in [0.25, 0.3) is 22.7 Å². The maximum Gasteiger partial charge on any atom is 2.00 e. The van der Waals surface area contributed by atoms with Crippen LogP contribution in [0.15, 0.2) is 0 Å². The van der Waals surface area contributed by atoms with Gasteiger partial charge in [0.05, 0.1) is 11.4 Å². The van der Waals surface area contributed by atoms with Crippen LogP contribution in [0.2, 0.25) is 0 Å². The molecule has 0 fully saturated rings. The summed E-state index contributed by atoms with van der Waals surface area (Å²) in [5, 5.41) is 0. The van der Waals surface area contributed by atoms with E-state index in [1.165, 1.54) is 0 Å². The summed E-state index contributed by atoms with van der Waals surface area (Å²) in [6.45, 7) is 0. The Hall–Kier alpha value is 1.86. The Bertz CT molecular complexity index is 165. The van der Waals surface area contributed by atoms with Gasteiger partial charge in [-0.05, 0) is 0 Å². The van der Waals surface area contributed by atoms with Crippen molar-refractivity contribution in [1.82, 2.24) is 0 Å². The van der Waals surface area contributed by atoms with Crippen LogP contribution >= 0.6 is 0 Å². The summed E-state index contributed by atoms with van der Waals surface area (Å²) in [7, 11) is 0. The Kier molecular flexibility index (Phi) is 106. The first-order valence-corrected chi connectivity index (χ1v) is 6.24. The van der Waals surface area contributed by atoms with Crippen LogP contribution in [0.5, 0.6) is 0 Å². The SMILES string of the molecule is O.O.O=S(O)O.O=S(O)O.O=S([O-])O.O=S([O-])[O-].[Na+].[Pd+2]. The number of hydrogen-bond acceptors (Lipinski definition) is 7. The summed E-state index contributed by atoms with van der Waals surface area (Å²) in [5.41, 5.74) is 0. The summed E-state index contributed by atoms with van der Waals surface area (Å²) < 4.78 is 95.1. The van der Waals surface area contributed by atoms with Crippen LogP contribution in [0.4, 0.5) is 0 Å². The van der Waals surface area contributed by atoms with Gasteiger partial charge in [0.2, 0.25) is 0 Å². The first-order chi connectivity index (χ1) is 6.93. The van der Waals surface area contributed by atoms with E-state index in [-0.39, 0.29) is 60.9 Å². The monoisotopic (exact) mass is 490 g/mol. The van der Waals surface area contributed by atoms with Gasteiger partial charge in [-0.15, -0.1) is 11.4 Å². The van der Waals surface area contributed by atoms with E-state index in [2.05, 4.69) is 0 Å². The van der Waals surface area contributed by atoms with Crippen molar-refractivity contribution in [1.29, 1.82) is 0 Å². The Labute approximate surface area is 158 Å². The molecule has 0 spiro atoms.